The molecule has 3 heterocycles. The smallest absolute Gasteiger partial charge is 0.144 e. The molecule has 0 aliphatic carbocycles. The Balaban J connectivity index is 1.52. The third kappa shape index (κ3) is 3.23. The van der Waals surface area contributed by atoms with Crippen molar-refractivity contribution in [1.29, 1.82) is 0 Å². The van der Waals surface area contributed by atoms with E-state index < -0.39 is 6.71 Å². The van der Waals surface area contributed by atoms with E-state index in [1.54, 1.807) is 0 Å². The average molecular weight is 476 g/mol. The molecule has 7 rings (SSSR count). The zero-order valence-corrected chi connectivity index (χ0v) is 19.7. The second-order valence-corrected chi connectivity index (χ2v) is 11.9. The molecule has 0 saturated carbocycles. The van der Waals surface area contributed by atoms with Crippen molar-refractivity contribution in [3.05, 3.63) is 109 Å². The largest absolute Gasteiger partial charge is 0.455 e. The summed E-state index contributed by atoms with van der Waals surface area (Å²) in [5, 5.41) is 2.39. The van der Waals surface area contributed by atoms with E-state index in [0.29, 0.717) is 0 Å². The standard InChI is InChI=1S/C29H18NO2PS/c1-3-13-27-23(11-1)31-25-17-21(19-8-7-9-20(16-19)22-10-5-6-15-30-22)18-26-29(25)33(27)34-28-14-4-2-12-24(28)32-26/h1-18H. The minimum atomic E-state index is -0.715. The molecule has 3 nitrogen and oxygen atoms in total. The van der Waals surface area contributed by atoms with Gasteiger partial charge in [-0.2, -0.15) is 0 Å². The van der Waals surface area contributed by atoms with Crippen LogP contribution in [0, 0.1) is 0 Å². The molecule has 0 saturated heterocycles. The van der Waals surface area contributed by atoms with Crippen LogP contribution in [-0.4, -0.2) is 4.98 Å². The number of fused-ring (bicyclic) bond motifs is 3. The van der Waals surface area contributed by atoms with Crippen LogP contribution in [0.15, 0.2) is 114 Å². The number of rotatable bonds is 2. The van der Waals surface area contributed by atoms with Crippen LogP contribution in [0.4, 0.5) is 0 Å². The maximum Gasteiger partial charge on any atom is 0.144 e. The normalized spacial score (nSPS) is 12.3. The first-order valence-corrected chi connectivity index (χ1v) is 13.8. The van der Waals surface area contributed by atoms with Crippen LogP contribution < -0.4 is 4.74 Å². The molecule has 34 heavy (non-hydrogen) atoms. The summed E-state index contributed by atoms with van der Waals surface area (Å²) in [7, 11) is 1.88. The third-order valence-corrected chi connectivity index (χ3v) is 10.6. The second kappa shape index (κ2) is 7.88. The Hall–Kier alpha value is -3.85. The molecule has 0 fully saturated rings. The molecule has 2 aromatic heterocycles. The van der Waals surface area contributed by atoms with Gasteiger partial charge in [-0.25, -0.2) is 0 Å². The molecule has 0 N–H and O–H groups in total. The van der Waals surface area contributed by atoms with Crippen molar-refractivity contribution in [3.8, 4) is 39.2 Å². The molecule has 162 valence electrons. The predicted octanol–water partition coefficient (Wildman–Crippen LogP) is 9.58. The fraction of sp³-hybridized carbons (Fsp3) is 0. The van der Waals surface area contributed by atoms with Gasteiger partial charge in [0, 0.05) is 11.8 Å². The van der Waals surface area contributed by atoms with Gasteiger partial charge in [-0.1, -0.05) is 48.5 Å². The molecule has 1 aliphatic heterocycles. The molecule has 1 atom stereocenters. The zero-order valence-electron chi connectivity index (χ0n) is 18.0. The Bertz CT molecular complexity index is 1740. The first-order chi connectivity index (χ1) is 16.8. The summed E-state index contributed by atoms with van der Waals surface area (Å²) in [6, 6.07) is 35.4. The number of para-hydroxylation sites is 2. The topological polar surface area (TPSA) is 35.3 Å². The summed E-state index contributed by atoms with van der Waals surface area (Å²) in [5.74, 6) is 1.80. The summed E-state index contributed by atoms with van der Waals surface area (Å²) >= 11 is 0. The Morgan fingerprint density at radius 2 is 1.50 bits per heavy atom. The van der Waals surface area contributed by atoms with Crippen LogP contribution in [0.2, 0.25) is 0 Å². The van der Waals surface area contributed by atoms with E-state index in [4.69, 9.17) is 9.15 Å². The quantitative estimate of drug-likeness (QED) is 0.250. The number of hydrogen-bond donors (Lipinski definition) is 0. The molecule has 0 bridgehead atoms. The Kier molecular flexibility index (Phi) is 4.54. The summed E-state index contributed by atoms with van der Waals surface area (Å²) < 4.78 is 14.2. The Morgan fingerprint density at radius 1 is 0.647 bits per heavy atom. The summed E-state index contributed by atoms with van der Waals surface area (Å²) in [6.07, 6.45) is 1.82. The van der Waals surface area contributed by atoms with Gasteiger partial charge >= 0.3 is 0 Å². The van der Waals surface area contributed by atoms with Crippen molar-refractivity contribution in [2.75, 3.05) is 0 Å². The van der Waals surface area contributed by atoms with Gasteiger partial charge in [0.2, 0.25) is 0 Å². The maximum atomic E-state index is 6.54. The van der Waals surface area contributed by atoms with Crippen molar-refractivity contribution in [3.63, 3.8) is 0 Å². The average Bonchev–Trinajstić information content (AvgIpc) is 3.07. The van der Waals surface area contributed by atoms with Crippen LogP contribution in [-0.2, 0) is 0 Å². The number of ether oxygens (including phenoxy) is 1. The molecular weight excluding hydrogens is 457 g/mol. The molecule has 4 aromatic carbocycles. The zero-order chi connectivity index (χ0) is 22.5. The van der Waals surface area contributed by atoms with Crippen molar-refractivity contribution >= 4 is 38.6 Å². The lowest BCUT2D eigenvalue weighted by Gasteiger charge is -2.19. The Morgan fingerprint density at radius 3 is 2.44 bits per heavy atom. The number of benzene rings is 4. The van der Waals surface area contributed by atoms with E-state index in [2.05, 4.69) is 71.7 Å². The van der Waals surface area contributed by atoms with Crippen molar-refractivity contribution in [2.45, 2.75) is 0 Å². The van der Waals surface area contributed by atoms with Crippen LogP contribution in [0.3, 0.4) is 0 Å². The van der Waals surface area contributed by atoms with Crippen molar-refractivity contribution in [2.24, 2.45) is 0 Å². The van der Waals surface area contributed by atoms with E-state index >= 15 is 0 Å². The van der Waals surface area contributed by atoms with Gasteiger partial charge in [0.25, 0.3) is 0 Å². The lowest BCUT2D eigenvalue weighted by Crippen LogP contribution is -1.92. The van der Waals surface area contributed by atoms with Crippen LogP contribution in [0.1, 0.15) is 0 Å². The van der Waals surface area contributed by atoms with E-state index in [0.717, 1.165) is 54.9 Å². The minimum Gasteiger partial charge on any atom is -0.455 e. The highest BCUT2D eigenvalue weighted by atomic mass is 32.5. The van der Waals surface area contributed by atoms with Crippen LogP contribution >= 0.6 is 17.7 Å². The lowest BCUT2D eigenvalue weighted by atomic mass is 10.0. The summed E-state index contributed by atoms with van der Waals surface area (Å²) in [4.78, 5) is 4.52. The van der Waals surface area contributed by atoms with Crippen molar-refractivity contribution in [1.82, 2.24) is 4.98 Å². The second-order valence-electron chi connectivity index (χ2n) is 8.12. The van der Waals surface area contributed by atoms with Gasteiger partial charge < -0.3 is 9.15 Å². The lowest BCUT2D eigenvalue weighted by molar-refractivity contribution is 0.490. The first-order valence-electron chi connectivity index (χ1n) is 11.1. The first kappa shape index (κ1) is 19.6. The highest BCUT2D eigenvalue weighted by Crippen LogP contribution is 2.61. The van der Waals surface area contributed by atoms with Crippen molar-refractivity contribution < 1.29 is 9.15 Å². The van der Waals surface area contributed by atoms with Gasteiger partial charge in [0.05, 0.1) is 20.8 Å². The van der Waals surface area contributed by atoms with E-state index in [1.165, 1.54) is 5.30 Å². The van der Waals surface area contributed by atoms with Crippen LogP contribution in [0.5, 0.6) is 11.5 Å². The van der Waals surface area contributed by atoms with Gasteiger partial charge in [-0.05, 0) is 72.4 Å². The molecule has 0 amide bonds. The fourth-order valence-corrected chi connectivity index (χ4v) is 9.10. The van der Waals surface area contributed by atoms with Gasteiger partial charge in [-0.15, -0.1) is 10.9 Å². The highest BCUT2D eigenvalue weighted by molar-refractivity contribution is 8.00. The number of pyridine rings is 1. The Labute approximate surface area is 201 Å². The number of aromatic nitrogens is 1. The highest BCUT2D eigenvalue weighted by Gasteiger charge is 2.22. The predicted molar refractivity (Wildman–Crippen MR) is 142 cm³/mol. The SMILES string of the molecule is c1ccc(-c2cccc(-c3cc4c5c(c3)oc3ccccc3sp5-c3ccccc3O4)c2)nc1. The molecule has 1 aliphatic rings. The van der Waals surface area contributed by atoms with Crippen LogP contribution in [0.25, 0.3) is 48.7 Å². The molecule has 0 spiro atoms. The van der Waals surface area contributed by atoms with E-state index in [1.807, 2.05) is 53.5 Å². The van der Waals surface area contributed by atoms with Gasteiger partial charge in [0.1, 0.15) is 22.7 Å². The number of hydrogen-bond acceptors (Lipinski definition) is 4. The monoisotopic (exact) mass is 475 g/mol. The summed E-state index contributed by atoms with van der Waals surface area (Å²) in [6.45, 7) is -0.715. The minimum absolute atomic E-state index is 0.715. The van der Waals surface area contributed by atoms with E-state index in [9.17, 15) is 0 Å². The molecule has 1 unspecified atom stereocenters. The molecular formula is C29H18NO2PS. The van der Waals surface area contributed by atoms with Gasteiger partial charge in [0.15, 0.2) is 0 Å². The summed E-state index contributed by atoms with van der Waals surface area (Å²) in [5.41, 5.74) is 5.96. The third-order valence-electron chi connectivity index (χ3n) is 5.96. The van der Waals surface area contributed by atoms with E-state index in [-0.39, 0.29) is 0 Å². The fourth-order valence-electron chi connectivity index (χ4n) is 4.37. The molecule has 0 radical (unpaired) electrons. The molecule has 5 heteroatoms. The molecule has 6 aromatic rings. The maximum absolute atomic E-state index is 6.54. The van der Waals surface area contributed by atoms with Gasteiger partial charge in [-0.3, -0.25) is 4.98 Å². The number of nitrogens with zero attached hydrogens (tertiary/aromatic N) is 1.